The second-order valence-electron chi connectivity index (χ2n) is 10.0. The topological polar surface area (TPSA) is 123 Å². The van der Waals surface area contributed by atoms with E-state index >= 15 is 0 Å². The number of nitro benzene ring substituents is 1. The Morgan fingerprint density at radius 1 is 1.14 bits per heavy atom. The van der Waals surface area contributed by atoms with Crippen LogP contribution in [0.25, 0.3) is 0 Å². The smallest absolute Gasteiger partial charge is 0.311 e. The molecule has 0 saturated carbocycles. The molecular weight excluding hydrogens is 598 g/mol. The fourth-order valence-electron chi connectivity index (χ4n) is 3.95. The largest absolute Gasteiger partial charge is 0.503 e. The van der Waals surface area contributed by atoms with Crippen LogP contribution in [0, 0.1) is 15.5 Å². The first-order chi connectivity index (χ1) is 16.7. The zero-order valence-corrected chi connectivity index (χ0v) is 24.3. The summed E-state index contributed by atoms with van der Waals surface area (Å²) in [5, 5.41) is 25.7. The molecule has 0 fully saturated rings. The molecule has 9 nitrogen and oxygen atoms in total. The molecule has 2 aromatic rings. The standard InChI is InChI=1S/C25H31Br2N3O6/c1-7-35-19-10-15(21(26)22(27)23(19)32)12-28-29-20(31)13-36-18-9-8-16(11-17(18)30(33)34)25(5,6)14-24(2,3)4/h8-12,32H,7,13-14H2,1-6H3,(H,29,31)/b28-12+. The number of halogens is 2. The highest BCUT2D eigenvalue weighted by Gasteiger charge is 2.30. The van der Waals surface area contributed by atoms with Gasteiger partial charge in [-0.1, -0.05) is 40.7 Å². The van der Waals surface area contributed by atoms with Crippen molar-refractivity contribution in [3.8, 4) is 17.2 Å². The van der Waals surface area contributed by atoms with Crippen LogP contribution in [0.5, 0.6) is 17.2 Å². The predicted molar refractivity (Wildman–Crippen MR) is 146 cm³/mol. The van der Waals surface area contributed by atoms with Gasteiger partial charge in [0.1, 0.15) is 0 Å². The maximum absolute atomic E-state index is 12.2. The number of hydrazone groups is 1. The lowest BCUT2D eigenvalue weighted by Crippen LogP contribution is -2.26. The minimum absolute atomic E-state index is 0.000930. The van der Waals surface area contributed by atoms with E-state index < -0.39 is 17.4 Å². The number of nitrogens with one attached hydrogen (secondary N) is 1. The molecule has 2 N–H and O–H groups in total. The Bertz CT molecular complexity index is 1160. The number of carbonyl (C=O) groups is 1. The molecule has 2 aromatic carbocycles. The number of phenols is 1. The quantitative estimate of drug-likeness (QED) is 0.177. The minimum atomic E-state index is -0.600. The summed E-state index contributed by atoms with van der Waals surface area (Å²) in [6.07, 6.45) is 2.20. The summed E-state index contributed by atoms with van der Waals surface area (Å²) in [6, 6.07) is 6.38. The number of ether oxygens (including phenoxy) is 2. The lowest BCUT2D eigenvalue weighted by Gasteiger charge is -2.33. The molecule has 36 heavy (non-hydrogen) atoms. The van der Waals surface area contributed by atoms with Gasteiger partial charge in [0.25, 0.3) is 5.91 Å². The number of rotatable bonds is 10. The van der Waals surface area contributed by atoms with Gasteiger partial charge < -0.3 is 14.6 Å². The first-order valence-corrected chi connectivity index (χ1v) is 12.8. The summed E-state index contributed by atoms with van der Waals surface area (Å²) in [7, 11) is 0. The average molecular weight is 629 g/mol. The number of benzene rings is 2. The maximum atomic E-state index is 12.2. The molecule has 0 aliphatic heterocycles. The molecule has 196 valence electrons. The molecule has 0 bridgehead atoms. The van der Waals surface area contributed by atoms with Gasteiger partial charge in [-0.25, -0.2) is 5.43 Å². The highest BCUT2D eigenvalue weighted by molar-refractivity contribution is 9.13. The first kappa shape index (κ1) is 29.6. The Balaban J connectivity index is 2.11. The third kappa shape index (κ3) is 7.92. The van der Waals surface area contributed by atoms with Crippen LogP contribution in [0.4, 0.5) is 5.69 Å². The van der Waals surface area contributed by atoms with Gasteiger partial charge in [0.2, 0.25) is 0 Å². The molecule has 11 heteroatoms. The van der Waals surface area contributed by atoms with Crippen molar-refractivity contribution in [1.29, 1.82) is 0 Å². The fraction of sp³-hybridized carbons (Fsp3) is 0.440. The molecule has 0 radical (unpaired) electrons. The summed E-state index contributed by atoms with van der Waals surface area (Å²) in [4.78, 5) is 23.4. The highest BCUT2D eigenvalue weighted by atomic mass is 79.9. The number of phenolic OH excluding ortho intramolecular Hbond substituents is 1. The molecule has 0 aliphatic rings. The summed E-state index contributed by atoms with van der Waals surface area (Å²) >= 11 is 6.62. The van der Waals surface area contributed by atoms with Crippen LogP contribution in [0.1, 0.15) is 59.1 Å². The van der Waals surface area contributed by atoms with Crippen molar-refractivity contribution < 1.29 is 24.3 Å². The van der Waals surface area contributed by atoms with Gasteiger partial charge in [-0.2, -0.15) is 5.10 Å². The minimum Gasteiger partial charge on any atom is -0.503 e. The van der Waals surface area contributed by atoms with E-state index in [-0.39, 0.29) is 33.8 Å². The van der Waals surface area contributed by atoms with E-state index in [9.17, 15) is 20.0 Å². The summed E-state index contributed by atoms with van der Waals surface area (Å²) in [5.74, 6) is -0.407. The Kier molecular flexibility index (Phi) is 9.90. The number of carbonyl (C=O) groups excluding carboxylic acids is 1. The molecule has 0 aliphatic carbocycles. The van der Waals surface area contributed by atoms with E-state index in [1.165, 1.54) is 18.3 Å². The number of hydrogen-bond acceptors (Lipinski definition) is 7. The van der Waals surface area contributed by atoms with E-state index in [0.717, 1.165) is 12.0 Å². The van der Waals surface area contributed by atoms with Crippen molar-refractivity contribution in [2.75, 3.05) is 13.2 Å². The van der Waals surface area contributed by atoms with Crippen molar-refractivity contribution >= 4 is 49.7 Å². The van der Waals surface area contributed by atoms with E-state index in [2.05, 4.69) is 63.2 Å². The fourth-order valence-corrected chi connectivity index (χ4v) is 4.78. The molecule has 0 aromatic heterocycles. The molecule has 2 rings (SSSR count). The van der Waals surface area contributed by atoms with Gasteiger partial charge in [-0.3, -0.25) is 14.9 Å². The zero-order valence-electron chi connectivity index (χ0n) is 21.1. The number of nitrogens with zero attached hydrogens (tertiary/aromatic N) is 2. The van der Waals surface area contributed by atoms with Crippen LogP contribution in [-0.2, 0) is 10.2 Å². The summed E-state index contributed by atoms with van der Waals surface area (Å²) in [5.41, 5.74) is 3.24. The molecule has 0 spiro atoms. The normalized spacial score (nSPS) is 12.0. The lowest BCUT2D eigenvalue weighted by atomic mass is 9.72. The molecular formula is C25H31Br2N3O6. The van der Waals surface area contributed by atoms with Gasteiger partial charge in [0, 0.05) is 16.1 Å². The van der Waals surface area contributed by atoms with Crippen LogP contribution in [-0.4, -0.2) is 35.4 Å². The Labute approximate surface area is 227 Å². The highest BCUT2D eigenvalue weighted by Crippen LogP contribution is 2.41. The number of aromatic hydroxyl groups is 1. The zero-order chi connectivity index (χ0) is 27.3. The Morgan fingerprint density at radius 3 is 2.39 bits per heavy atom. The summed E-state index contributed by atoms with van der Waals surface area (Å²) < 4.78 is 11.7. The number of nitro groups is 1. The first-order valence-electron chi connectivity index (χ1n) is 11.2. The van der Waals surface area contributed by atoms with Crippen molar-refractivity contribution in [2.24, 2.45) is 10.5 Å². The van der Waals surface area contributed by atoms with E-state index in [1.807, 2.05) is 13.8 Å². The van der Waals surface area contributed by atoms with E-state index in [0.29, 0.717) is 21.1 Å². The average Bonchev–Trinajstić information content (AvgIpc) is 2.77. The van der Waals surface area contributed by atoms with Crippen LogP contribution >= 0.6 is 31.9 Å². The SMILES string of the molecule is CCOc1cc(/C=N/NC(=O)COc2ccc(C(C)(C)CC(C)(C)C)cc2[N+](=O)[O-])c(Br)c(Br)c1O. The Hall–Kier alpha value is -2.66. The van der Waals surface area contributed by atoms with Crippen LogP contribution in [0.2, 0.25) is 0 Å². The van der Waals surface area contributed by atoms with Gasteiger partial charge in [0.05, 0.1) is 22.2 Å². The van der Waals surface area contributed by atoms with Gasteiger partial charge in [-0.15, -0.1) is 0 Å². The molecule has 0 unspecified atom stereocenters. The third-order valence-corrected chi connectivity index (χ3v) is 7.29. The van der Waals surface area contributed by atoms with Gasteiger partial charge in [0.15, 0.2) is 23.9 Å². The second kappa shape index (κ2) is 12.1. The van der Waals surface area contributed by atoms with Crippen molar-refractivity contribution in [3.63, 3.8) is 0 Å². The van der Waals surface area contributed by atoms with Gasteiger partial charge >= 0.3 is 5.69 Å². The number of amides is 1. The Morgan fingerprint density at radius 2 is 1.81 bits per heavy atom. The van der Waals surface area contributed by atoms with Crippen LogP contribution in [0.15, 0.2) is 38.3 Å². The predicted octanol–water partition coefficient (Wildman–Crippen LogP) is 6.47. The summed E-state index contributed by atoms with van der Waals surface area (Å²) in [6.45, 7) is 12.1. The number of hydrogen-bond donors (Lipinski definition) is 2. The molecule has 0 saturated heterocycles. The van der Waals surface area contributed by atoms with E-state index in [4.69, 9.17) is 9.47 Å². The van der Waals surface area contributed by atoms with Crippen LogP contribution < -0.4 is 14.9 Å². The maximum Gasteiger partial charge on any atom is 0.311 e. The second-order valence-corrected chi connectivity index (χ2v) is 11.6. The van der Waals surface area contributed by atoms with E-state index in [1.54, 1.807) is 19.1 Å². The molecule has 1 amide bonds. The van der Waals surface area contributed by atoms with Crippen molar-refractivity contribution in [3.05, 3.63) is 54.5 Å². The van der Waals surface area contributed by atoms with Crippen LogP contribution in [0.3, 0.4) is 0 Å². The third-order valence-electron chi connectivity index (χ3n) is 5.13. The molecule has 0 heterocycles. The van der Waals surface area contributed by atoms with Crippen molar-refractivity contribution in [1.82, 2.24) is 5.43 Å². The molecule has 0 atom stereocenters. The lowest BCUT2D eigenvalue weighted by molar-refractivity contribution is -0.385. The van der Waals surface area contributed by atoms with Crippen molar-refractivity contribution in [2.45, 2.75) is 53.4 Å². The monoisotopic (exact) mass is 627 g/mol. The van der Waals surface area contributed by atoms with Gasteiger partial charge in [-0.05, 0) is 73.7 Å².